The number of hydrogen-bond donors (Lipinski definition) is 1. The molecule has 6 nitrogen and oxygen atoms in total. The standard InChI is InChI=1S/C19H18FN3O3/c1-2-15(25-16-11-7-6-10-14(16)20)19(24)21-12-17-22-18(23-26-17)13-8-4-3-5-9-13/h3-11,15H,2,12H2,1H3,(H,21,24)/t15-/m1/s1. The van der Waals surface area contributed by atoms with Crippen LogP contribution in [0, 0.1) is 5.82 Å². The van der Waals surface area contributed by atoms with Crippen molar-refractivity contribution in [2.45, 2.75) is 26.0 Å². The number of benzene rings is 2. The average Bonchev–Trinajstić information content (AvgIpc) is 3.15. The normalized spacial score (nSPS) is 11.8. The van der Waals surface area contributed by atoms with E-state index in [4.69, 9.17) is 9.26 Å². The van der Waals surface area contributed by atoms with E-state index in [1.807, 2.05) is 30.3 Å². The Kier molecular flexibility index (Phi) is 5.58. The van der Waals surface area contributed by atoms with Gasteiger partial charge >= 0.3 is 0 Å². The number of carbonyl (C=O) groups is 1. The van der Waals surface area contributed by atoms with Gasteiger partial charge in [0.15, 0.2) is 17.7 Å². The molecule has 0 radical (unpaired) electrons. The predicted octanol–water partition coefficient (Wildman–Crippen LogP) is 3.35. The Labute approximate surface area is 150 Å². The number of ether oxygens (including phenoxy) is 1. The molecule has 134 valence electrons. The molecule has 1 atom stereocenters. The van der Waals surface area contributed by atoms with Crippen molar-refractivity contribution in [3.05, 3.63) is 66.3 Å². The highest BCUT2D eigenvalue weighted by Gasteiger charge is 2.20. The maximum Gasteiger partial charge on any atom is 0.261 e. The molecule has 0 spiro atoms. The average molecular weight is 355 g/mol. The number of nitrogens with zero attached hydrogens (tertiary/aromatic N) is 2. The quantitative estimate of drug-likeness (QED) is 0.703. The van der Waals surface area contributed by atoms with Gasteiger partial charge in [0.25, 0.3) is 5.91 Å². The fourth-order valence-corrected chi connectivity index (χ4v) is 2.32. The molecule has 26 heavy (non-hydrogen) atoms. The van der Waals surface area contributed by atoms with Crippen LogP contribution in [0.4, 0.5) is 4.39 Å². The third-order valence-electron chi connectivity index (χ3n) is 3.68. The first kappa shape index (κ1) is 17.6. The summed E-state index contributed by atoms with van der Waals surface area (Å²) < 4.78 is 24.3. The maximum absolute atomic E-state index is 13.7. The SMILES string of the molecule is CC[C@@H](Oc1ccccc1F)C(=O)NCc1nc(-c2ccccc2)no1. The first-order chi connectivity index (χ1) is 12.7. The summed E-state index contributed by atoms with van der Waals surface area (Å²) in [7, 11) is 0. The van der Waals surface area contributed by atoms with Crippen molar-refractivity contribution in [2.24, 2.45) is 0 Å². The largest absolute Gasteiger partial charge is 0.478 e. The molecule has 0 saturated carbocycles. The van der Waals surface area contributed by atoms with Crippen molar-refractivity contribution in [3.63, 3.8) is 0 Å². The van der Waals surface area contributed by atoms with E-state index in [2.05, 4.69) is 15.5 Å². The van der Waals surface area contributed by atoms with E-state index >= 15 is 0 Å². The fraction of sp³-hybridized carbons (Fsp3) is 0.211. The van der Waals surface area contributed by atoms with Gasteiger partial charge in [0.05, 0.1) is 6.54 Å². The Morgan fingerprint density at radius 3 is 2.65 bits per heavy atom. The van der Waals surface area contributed by atoms with Gasteiger partial charge in [-0.1, -0.05) is 54.5 Å². The third kappa shape index (κ3) is 4.24. The fourth-order valence-electron chi connectivity index (χ4n) is 2.32. The lowest BCUT2D eigenvalue weighted by molar-refractivity contribution is -0.128. The summed E-state index contributed by atoms with van der Waals surface area (Å²) in [5.74, 6) is -0.125. The van der Waals surface area contributed by atoms with Crippen molar-refractivity contribution in [2.75, 3.05) is 0 Å². The molecule has 2 aromatic carbocycles. The van der Waals surface area contributed by atoms with E-state index in [1.165, 1.54) is 12.1 Å². The van der Waals surface area contributed by atoms with Crippen LogP contribution >= 0.6 is 0 Å². The predicted molar refractivity (Wildman–Crippen MR) is 92.7 cm³/mol. The third-order valence-corrected chi connectivity index (χ3v) is 3.68. The van der Waals surface area contributed by atoms with E-state index in [1.54, 1.807) is 19.1 Å². The molecule has 0 saturated heterocycles. The summed E-state index contributed by atoms with van der Waals surface area (Å²) in [5.41, 5.74) is 0.822. The molecule has 0 fully saturated rings. The summed E-state index contributed by atoms with van der Waals surface area (Å²) in [6.07, 6.45) is -0.428. The Morgan fingerprint density at radius 2 is 1.92 bits per heavy atom. The molecular weight excluding hydrogens is 337 g/mol. The maximum atomic E-state index is 13.7. The van der Waals surface area contributed by atoms with Crippen LogP contribution in [-0.2, 0) is 11.3 Å². The van der Waals surface area contributed by atoms with Gasteiger partial charge in [-0.2, -0.15) is 4.98 Å². The zero-order valence-corrected chi connectivity index (χ0v) is 14.2. The number of halogens is 1. The van der Waals surface area contributed by atoms with Gasteiger partial charge in [0, 0.05) is 5.56 Å². The molecule has 1 heterocycles. The van der Waals surface area contributed by atoms with Crippen LogP contribution in [-0.4, -0.2) is 22.2 Å². The van der Waals surface area contributed by atoms with Crippen LogP contribution in [0.1, 0.15) is 19.2 Å². The smallest absolute Gasteiger partial charge is 0.261 e. The first-order valence-corrected chi connectivity index (χ1v) is 8.24. The minimum Gasteiger partial charge on any atom is -0.478 e. The van der Waals surface area contributed by atoms with Gasteiger partial charge < -0.3 is 14.6 Å². The molecule has 0 aliphatic heterocycles. The summed E-state index contributed by atoms with van der Waals surface area (Å²) in [6, 6.07) is 15.3. The lowest BCUT2D eigenvalue weighted by Gasteiger charge is -2.17. The Hall–Kier alpha value is -3.22. The summed E-state index contributed by atoms with van der Waals surface area (Å²) in [5, 5.41) is 6.56. The molecule has 1 amide bonds. The van der Waals surface area contributed by atoms with E-state index in [-0.39, 0.29) is 24.1 Å². The topological polar surface area (TPSA) is 77.2 Å². The Bertz CT molecular complexity index is 867. The van der Waals surface area contributed by atoms with Crippen molar-refractivity contribution in [1.29, 1.82) is 0 Å². The van der Waals surface area contributed by atoms with Gasteiger partial charge in [-0.15, -0.1) is 0 Å². The summed E-state index contributed by atoms with van der Waals surface area (Å²) in [4.78, 5) is 16.5. The minimum atomic E-state index is -0.816. The second-order valence-electron chi connectivity index (χ2n) is 5.54. The Morgan fingerprint density at radius 1 is 1.19 bits per heavy atom. The van der Waals surface area contributed by atoms with Crippen LogP contribution in [0.3, 0.4) is 0 Å². The molecule has 0 bridgehead atoms. The van der Waals surface area contributed by atoms with Crippen molar-refractivity contribution < 1.29 is 18.4 Å². The molecule has 0 aliphatic carbocycles. The van der Waals surface area contributed by atoms with Gasteiger partial charge in [-0.05, 0) is 18.6 Å². The highest BCUT2D eigenvalue weighted by Crippen LogP contribution is 2.18. The summed E-state index contributed by atoms with van der Waals surface area (Å²) in [6.45, 7) is 1.85. The zero-order valence-electron chi connectivity index (χ0n) is 14.2. The van der Waals surface area contributed by atoms with Crippen LogP contribution in [0.2, 0.25) is 0 Å². The van der Waals surface area contributed by atoms with Crippen LogP contribution in [0.15, 0.2) is 59.1 Å². The number of hydrogen-bond acceptors (Lipinski definition) is 5. The van der Waals surface area contributed by atoms with E-state index < -0.39 is 11.9 Å². The second kappa shape index (κ2) is 8.24. The number of aromatic nitrogens is 2. The van der Waals surface area contributed by atoms with E-state index in [0.717, 1.165) is 5.56 Å². The highest BCUT2D eigenvalue weighted by atomic mass is 19.1. The van der Waals surface area contributed by atoms with Gasteiger partial charge in [-0.25, -0.2) is 4.39 Å². The molecule has 3 aromatic rings. The zero-order chi connectivity index (χ0) is 18.4. The number of amides is 1. The van der Waals surface area contributed by atoms with E-state index in [0.29, 0.717) is 12.2 Å². The van der Waals surface area contributed by atoms with Gasteiger partial charge in [0.1, 0.15) is 0 Å². The highest BCUT2D eigenvalue weighted by molar-refractivity contribution is 5.81. The Balaban J connectivity index is 1.59. The minimum absolute atomic E-state index is 0.0404. The molecule has 7 heteroatoms. The second-order valence-corrected chi connectivity index (χ2v) is 5.54. The monoisotopic (exact) mass is 355 g/mol. The number of nitrogens with one attached hydrogen (secondary N) is 1. The first-order valence-electron chi connectivity index (χ1n) is 8.24. The molecular formula is C19H18FN3O3. The molecule has 1 N–H and O–H groups in total. The lowest BCUT2D eigenvalue weighted by atomic mass is 10.2. The lowest BCUT2D eigenvalue weighted by Crippen LogP contribution is -2.37. The van der Waals surface area contributed by atoms with E-state index in [9.17, 15) is 9.18 Å². The number of para-hydroxylation sites is 1. The molecule has 0 aliphatic rings. The van der Waals surface area contributed by atoms with Crippen molar-refractivity contribution >= 4 is 5.91 Å². The molecule has 1 aromatic heterocycles. The van der Waals surface area contributed by atoms with Gasteiger partial charge in [0.2, 0.25) is 11.7 Å². The molecule has 3 rings (SSSR count). The van der Waals surface area contributed by atoms with Crippen molar-refractivity contribution in [3.8, 4) is 17.1 Å². The van der Waals surface area contributed by atoms with Crippen LogP contribution in [0.5, 0.6) is 5.75 Å². The number of rotatable bonds is 7. The molecule has 0 unspecified atom stereocenters. The van der Waals surface area contributed by atoms with Crippen LogP contribution < -0.4 is 10.1 Å². The van der Waals surface area contributed by atoms with Crippen LogP contribution in [0.25, 0.3) is 11.4 Å². The van der Waals surface area contributed by atoms with Gasteiger partial charge in [-0.3, -0.25) is 4.79 Å². The number of carbonyl (C=O) groups excluding carboxylic acids is 1. The summed E-state index contributed by atoms with van der Waals surface area (Å²) >= 11 is 0. The van der Waals surface area contributed by atoms with Crippen molar-refractivity contribution in [1.82, 2.24) is 15.5 Å².